The van der Waals surface area contributed by atoms with Gasteiger partial charge >= 0.3 is 0 Å². The first-order chi connectivity index (χ1) is 10.3. The maximum atomic E-state index is 8.75. The van der Waals surface area contributed by atoms with Crippen LogP contribution < -0.4 is 4.74 Å². The lowest BCUT2D eigenvalue weighted by atomic mass is 9.78. The molecule has 0 atom stereocenters. The average molecular weight is 285 g/mol. The van der Waals surface area contributed by atoms with Gasteiger partial charge in [-0.05, 0) is 48.9 Å². The van der Waals surface area contributed by atoms with E-state index in [0.717, 1.165) is 30.6 Å². The molecule has 114 valence electrons. The van der Waals surface area contributed by atoms with Crippen LogP contribution in [-0.2, 0) is 0 Å². The summed E-state index contributed by atoms with van der Waals surface area (Å²) in [5, 5.41) is 8.75. The van der Waals surface area contributed by atoms with Crippen molar-refractivity contribution >= 4 is 0 Å². The lowest BCUT2D eigenvalue weighted by Gasteiger charge is -2.28. The van der Waals surface area contributed by atoms with Crippen molar-refractivity contribution in [3.05, 3.63) is 29.8 Å². The minimum atomic E-state index is 0.686. The highest BCUT2D eigenvalue weighted by molar-refractivity contribution is 5.34. The number of ether oxygens (including phenoxy) is 1. The molecule has 0 unspecified atom stereocenters. The normalized spacial score (nSPS) is 21.7. The molecule has 1 saturated carbocycles. The van der Waals surface area contributed by atoms with Gasteiger partial charge in [0.25, 0.3) is 0 Å². The highest BCUT2D eigenvalue weighted by Crippen LogP contribution is 2.33. The minimum absolute atomic E-state index is 0.686. The molecule has 2 nitrogen and oxygen atoms in total. The van der Waals surface area contributed by atoms with Crippen LogP contribution in [0.5, 0.6) is 5.75 Å². The van der Waals surface area contributed by atoms with Crippen molar-refractivity contribution in [1.29, 1.82) is 5.26 Å². The van der Waals surface area contributed by atoms with E-state index < -0.39 is 0 Å². The van der Waals surface area contributed by atoms with Crippen molar-refractivity contribution < 1.29 is 4.74 Å². The summed E-state index contributed by atoms with van der Waals surface area (Å²) in [7, 11) is 0. The molecule has 1 fully saturated rings. The molecule has 0 saturated heterocycles. The zero-order valence-electron chi connectivity index (χ0n) is 13.2. The molecular weight excluding hydrogens is 258 g/mol. The zero-order chi connectivity index (χ0) is 14.9. The van der Waals surface area contributed by atoms with E-state index in [4.69, 9.17) is 10.00 Å². The number of hydrogen-bond donors (Lipinski definition) is 0. The van der Waals surface area contributed by atoms with Crippen molar-refractivity contribution in [2.45, 2.75) is 58.3 Å². The summed E-state index contributed by atoms with van der Waals surface area (Å²) in [5.74, 6) is 2.80. The van der Waals surface area contributed by atoms with Crippen molar-refractivity contribution in [3.8, 4) is 11.8 Å². The molecule has 1 aliphatic carbocycles. The Kier molecular flexibility index (Phi) is 6.60. The van der Waals surface area contributed by atoms with Crippen molar-refractivity contribution in [1.82, 2.24) is 0 Å². The smallest absolute Gasteiger partial charge is 0.119 e. The summed E-state index contributed by atoms with van der Waals surface area (Å²) in [6.07, 6.45) is 10.9. The van der Waals surface area contributed by atoms with E-state index in [-0.39, 0.29) is 0 Å². The maximum absolute atomic E-state index is 8.75. The molecule has 0 radical (unpaired) electrons. The van der Waals surface area contributed by atoms with Gasteiger partial charge in [0.2, 0.25) is 0 Å². The van der Waals surface area contributed by atoms with Gasteiger partial charge in [-0.3, -0.25) is 0 Å². The molecule has 21 heavy (non-hydrogen) atoms. The van der Waals surface area contributed by atoms with Crippen LogP contribution in [0.2, 0.25) is 0 Å². The summed E-state index contributed by atoms with van der Waals surface area (Å²) >= 11 is 0. The second-order valence-electron chi connectivity index (χ2n) is 6.30. The van der Waals surface area contributed by atoms with Gasteiger partial charge in [-0.2, -0.15) is 5.26 Å². The first-order valence-corrected chi connectivity index (χ1v) is 8.44. The molecule has 2 heteroatoms. The number of benzene rings is 1. The van der Waals surface area contributed by atoms with E-state index >= 15 is 0 Å². The molecule has 2 rings (SSSR count). The first-order valence-electron chi connectivity index (χ1n) is 8.44. The number of hydrogen-bond acceptors (Lipinski definition) is 2. The first kappa shape index (κ1) is 15.9. The molecule has 0 spiro atoms. The van der Waals surface area contributed by atoms with Gasteiger partial charge in [-0.15, -0.1) is 0 Å². The Morgan fingerprint density at radius 1 is 1.05 bits per heavy atom. The molecule has 0 aliphatic heterocycles. The van der Waals surface area contributed by atoms with E-state index in [0.29, 0.717) is 5.56 Å². The van der Waals surface area contributed by atoms with Crippen LogP contribution in [0.15, 0.2) is 24.3 Å². The van der Waals surface area contributed by atoms with E-state index in [2.05, 4.69) is 13.0 Å². The average Bonchev–Trinajstić information content (AvgIpc) is 2.54. The van der Waals surface area contributed by atoms with Crippen LogP contribution >= 0.6 is 0 Å². The third-order valence-electron chi connectivity index (χ3n) is 4.67. The highest BCUT2D eigenvalue weighted by Gasteiger charge is 2.19. The topological polar surface area (TPSA) is 33.0 Å². The maximum Gasteiger partial charge on any atom is 0.119 e. The fourth-order valence-corrected chi connectivity index (χ4v) is 3.40. The zero-order valence-corrected chi connectivity index (χ0v) is 13.2. The van der Waals surface area contributed by atoms with Gasteiger partial charge in [-0.25, -0.2) is 0 Å². The van der Waals surface area contributed by atoms with Gasteiger partial charge < -0.3 is 4.74 Å². The molecule has 0 amide bonds. The Morgan fingerprint density at radius 3 is 2.24 bits per heavy atom. The Hall–Kier alpha value is -1.49. The molecule has 0 heterocycles. The molecule has 1 aliphatic rings. The predicted molar refractivity (Wildman–Crippen MR) is 86.2 cm³/mol. The van der Waals surface area contributed by atoms with Crippen LogP contribution in [0.25, 0.3) is 0 Å². The summed E-state index contributed by atoms with van der Waals surface area (Å²) in [6, 6.07) is 9.51. The highest BCUT2D eigenvalue weighted by atomic mass is 16.5. The van der Waals surface area contributed by atoms with Crippen molar-refractivity contribution in [2.24, 2.45) is 11.8 Å². The fourth-order valence-electron chi connectivity index (χ4n) is 3.40. The number of rotatable bonds is 7. The minimum Gasteiger partial charge on any atom is -0.494 e. The Morgan fingerprint density at radius 2 is 1.67 bits per heavy atom. The molecule has 0 bridgehead atoms. The van der Waals surface area contributed by atoms with Gasteiger partial charge in [0.1, 0.15) is 5.75 Å². The monoisotopic (exact) mass is 285 g/mol. The molecule has 1 aromatic carbocycles. The Bertz CT molecular complexity index is 438. The van der Waals surface area contributed by atoms with Crippen LogP contribution in [0.1, 0.15) is 63.9 Å². The Labute approximate surface area is 129 Å². The number of nitriles is 1. The Balaban J connectivity index is 1.59. The standard InChI is InChI=1S/C19H27NO/c1-2-4-16-6-8-17(9-7-16)5-3-14-21-19-12-10-18(15-20)11-13-19/h10-13,16-17H,2-9,14H2,1H3/t16-,17-. The van der Waals surface area contributed by atoms with Crippen LogP contribution in [0, 0.1) is 23.2 Å². The predicted octanol–water partition coefficient (Wildman–Crippen LogP) is 5.32. The van der Waals surface area contributed by atoms with Gasteiger partial charge in [0.15, 0.2) is 0 Å². The van der Waals surface area contributed by atoms with E-state index in [1.54, 1.807) is 0 Å². The van der Waals surface area contributed by atoms with Crippen molar-refractivity contribution in [2.75, 3.05) is 6.61 Å². The van der Waals surface area contributed by atoms with E-state index in [1.807, 2.05) is 24.3 Å². The van der Waals surface area contributed by atoms with Crippen molar-refractivity contribution in [3.63, 3.8) is 0 Å². The van der Waals surface area contributed by atoms with E-state index in [9.17, 15) is 0 Å². The van der Waals surface area contributed by atoms with Crippen LogP contribution in [0.4, 0.5) is 0 Å². The molecule has 0 aromatic heterocycles. The summed E-state index contributed by atoms with van der Waals surface area (Å²) in [5.41, 5.74) is 0.686. The third-order valence-corrected chi connectivity index (χ3v) is 4.67. The molecular formula is C19H27NO. The van der Waals surface area contributed by atoms with Crippen LogP contribution in [-0.4, -0.2) is 6.61 Å². The quantitative estimate of drug-likeness (QED) is 0.635. The second-order valence-corrected chi connectivity index (χ2v) is 6.30. The SMILES string of the molecule is CCC[C@H]1CC[C@H](CCCOc2ccc(C#N)cc2)CC1. The van der Waals surface area contributed by atoms with Gasteiger partial charge in [-0.1, -0.05) is 45.4 Å². The summed E-state index contributed by atoms with van der Waals surface area (Å²) in [6.45, 7) is 3.09. The molecule has 0 N–H and O–H groups in total. The lowest BCUT2D eigenvalue weighted by Crippen LogP contribution is -2.15. The summed E-state index contributed by atoms with van der Waals surface area (Å²) in [4.78, 5) is 0. The van der Waals surface area contributed by atoms with Gasteiger partial charge in [0.05, 0.1) is 18.2 Å². The van der Waals surface area contributed by atoms with Crippen LogP contribution in [0.3, 0.4) is 0 Å². The van der Waals surface area contributed by atoms with Gasteiger partial charge in [0, 0.05) is 0 Å². The largest absolute Gasteiger partial charge is 0.494 e. The third kappa shape index (κ3) is 5.42. The lowest BCUT2D eigenvalue weighted by molar-refractivity contribution is 0.230. The fraction of sp³-hybridized carbons (Fsp3) is 0.632. The molecule has 1 aromatic rings. The number of nitrogens with zero attached hydrogens (tertiary/aromatic N) is 1. The second kappa shape index (κ2) is 8.72. The summed E-state index contributed by atoms with van der Waals surface area (Å²) < 4.78 is 5.75. The van der Waals surface area contributed by atoms with E-state index in [1.165, 1.54) is 44.9 Å².